The summed E-state index contributed by atoms with van der Waals surface area (Å²) >= 11 is 13.7. The number of para-hydroxylation sites is 3. The van der Waals surface area contributed by atoms with E-state index < -0.39 is 19.1 Å². The lowest BCUT2D eigenvalue weighted by Gasteiger charge is -2.13. The molecule has 0 fully saturated rings. The number of aromatic nitrogens is 1. The van der Waals surface area contributed by atoms with Crippen molar-refractivity contribution in [2.45, 2.75) is 19.8 Å². The van der Waals surface area contributed by atoms with Crippen molar-refractivity contribution in [2.75, 3.05) is 6.61 Å². The van der Waals surface area contributed by atoms with Crippen molar-refractivity contribution in [2.24, 2.45) is 0 Å². The van der Waals surface area contributed by atoms with Crippen molar-refractivity contribution in [1.29, 1.82) is 0 Å². The lowest BCUT2D eigenvalue weighted by atomic mass is 9.83. The number of hydrogen-bond acceptors (Lipinski definition) is 13. The lowest BCUT2D eigenvalue weighted by molar-refractivity contribution is -0.361. The molecule has 0 radical (unpaired) electrons. The van der Waals surface area contributed by atoms with Gasteiger partial charge in [-0.1, -0.05) is 77.8 Å². The summed E-state index contributed by atoms with van der Waals surface area (Å²) in [6.07, 6.45) is 9.47. The zero-order valence-corrected chi connectivity index (χ0v) is 44.3. The summed E-state index contributed by atoms with van der Waals surface area (Å²) in [5.41, 5.74) is 8.32. The normalized spacial score (nSPS) is 11.7. The van der Waals surface area contributed by atoms with E-state index in [0.717, 1.165) is 37.0 Å². The molecule has 0 aliphatic carbocycles. The number of furan rings is 3. The maximum atomic E-state index is 11.9. The second-order valence-electron chi connectivity index (χ2n) is 16.7. The average molecular weight is 1210 g/mol. The number of nitrogens with one attached hydrogen (secondary N) is 2. The SMILES string of the molecule is CC(=O)OCC(=O)Cc1ccc(Cl)cc1.O=C(O)c1c(O)c(Cc2ccc(Cl)cc2)nc2c(-c3ccoc3)cccc12.O=C1C(O)=[NH+]c2c(I)cccc21.O=C1C(O)=[NH+]c2c1cccc2-c1ccoc1.OB(O)c1ccoc1. The van der Waals surface area contributed by atoms with Gasteiger partial charge in [0.15, 0.2) is 11.5 Å². The van der Waals surface area contributed by atoms with E-state index in [1.165, 1.54) is 25.5 Å². The summed E-state index contributed by atoms with van der Waals surface area (Å²) in [6.45, 7) is 1.10. The number of pyridine rings is 1. The van der Waals surface area contributed by atoms with Crippen molar-refractivity contribution in [1.82, 2.24) is 4.98 Å². The number of aromatic hydroxyl groups is 1. The van der Waals surface area contributed by atoms with Crippen LogP contribution in [0.25, 0.3) is 33.2 Å². The third-order valence-corrected chi connectivity index (χ3v) is 12.7. The highest BCUT2D eigenvalue weighted by molar-refractivity contribution is 14.1. The van der Waals surface area contributed by atoms with Gasteiger partial charge in [-0.25, -0.2) is 9.78 Å². The van der Waals surface area contributed by atoms with Crippen LogP contribution in [0.2, 0.25) is 10.0 Å². The fourth-order valence-corrected chi connectivity index (χ4v) is 8.46. The maximum Gasteiger partial charge on any atom is 0.491 e. The van der Waals surface area contributed by atoms with Crippen molar-refractivity contribution >= 4 is 122 Å². The van der Waals surface area contributed by atoms with Crippen molar-refractivity contribution < 1.29 is 82.4 Å². The Balaban J connectivity index is 0.000000150. The van der Waals surface area contributed by atoms with E-state index in [-0.39, 0.29) is 65.6 Å². The van der Waals surface area contributed by atoms with Crippen LogP contribution in [0, 0.1) is 3.57 Å². The first-order chi connectivity index (χ1) is 37.4. The standard InChI is InChI=1S/C21H14ClNO4.C12H7NO3.C11H11ClO3.C8H4INO2.C4H5BO3/c22-14-6-4-12(5-7-14)10-17-20(24)18(21(25)26)16-3-1-2-15(19(16)23-17)13-8-9-27-11-13;14-11-9-3-1-2-8(7-4-5-16-6-7)10(9)13-12(11)15;1-8(13)15-7-11(14)6-9-2-4-10(12)5-3-9;9-5-3-1-2-4-6(5)10-8(12)7(4)11;6-5(7)4-1-2-8-3-4/h1-9,11,24H,10H2,(H,25,26);1-6H,(H,13,14,15);2-5H,6-7H2,1H3;1-3H,(H,10,11,12);1-3,6-7H/p+2. The number of ether oxygens (including phenoxy) is 1. The molecule has 9 aromatic rings. The van der Waals surface area contributed by atoms with Crippen molar-refractivity contribution in [3.05, 3.63) is 206 Å². The van der Waals surface area contributed by atoms with Gasteiger partial charge in [0.25, 0.3) is 0 Å². The Morgan fingerprint density at radius 3 is 1.69 bits per heavy atom. The molecule has 0 amide bonds. The zero-order valence-electron chi connectivity index (χ0n) is 40.6. The van der Waals surface area contributed by atoms with Gasteiger partial charge in [0.05, 0.1) is 57.9 Å². The first-order valence-electron chi connectivity index (χ1n) is 23.0. The Morgan fingerprint density at radius 2 is 1.17 bits per heavy atom. The second kappa shape index (κ2) is 26.4. The molecule has 18 nitrogen and oxygen atoms in total. The number of aliphatic hydroxyl groups excluding tert-OH is 2. The molecule has 394 valence electrons. The van der Waals surface area contributed by atoms with Crippen LogP contribution in [0.1, 0.15) is 54.8 Å². The highest BCUT2D eigenvalue weighted by atomic mass is 127. The summed E-state index contributed by atoms with van der Waals surface area (Å²) in [5, 5.41) is 57.2. The van der Waals surface area contributed by atoms with Gasteiger partial charge >= 0.3 is 42.4 Å². The minimum absolute atomic E-state index is 0.132. The number of esters is 1. The van der Waals surface area contributed by atoms with Crippen LogP contribution >= 0.6 is 45.8 Å². The molecule has 4 aromatic heterocycles. The highest BCUT2D eigenvalue weighted by Gasteiger charge is 2.34. The first kappa shape index (κ1) is 57.0. The van der Waals surface area contributed by atoms with Crippen LogP contribution in [0.15, 0.2) is 172 Å². The van der Waals surface area contributed by atoms with E-state index in [0.29, 0.717) is 48.9 Å². The number of Topliss-reactive ketones (excluding diaryl/α,β-unsaturated/α-hetero) is 3. The average Bonchev–Trinajstić information content (AvgIpc) is 4.35. The molecule has 5 aromatic carbocycles. The third kappa shape index (κ3) is 14.4. The van der Waals surface area contributed by atoms with E-state index >= 15 is 0 Å². The van der Waals surface area contributed by atoms with Crippen LogP contribution < -0.4 is 15.4 Å². The van der Waals surface area contributed by atoms with Gasteiger partial charge in [-0.3, -0.25) is 19.2 Å². The molecule has 0 bridgehead atoms. The van der Waals surface area contributed by atoms with E-state index in [1.807, 2.05) is 30.3 Å². The number of ketones is 3. The molecule has 78 heavy (non-hydrogen) atoms. The number of aromatic carboxylic acids is 1. The molecule has 6 heterocycles. The topological polar surface area (TPSA) is 296 Å². The van der Waals surface area contributed by atoms with Gasteiger partial charge in [0, 0.05) is 57.4 Å². The molecule has 0 spiro atoms. The van der Waals surface area contributed by atoms with Crippen LogP contribution in [-0.2, 0) is 27.2 Å². The Morgan fingerprint density at radius 1 is 0.654 bits per heavy atom. The summed E-state index contributed by atoms with van der Waals surface area (Å²) in [4.78, 5) is 66.3. The van der Waals surface area contributed by atoms with Crippen LogP contribution in [0.5, 0.6) is 5.75 Å². The van der Waals surface area contributed by atoms with Gasteiger partial charge in [-0.2, -0.15) is 9.98 Å². The number of hydrogen-bond donors (Lipinski definition) is 8. The Hall–Kier alpha value is -8.67. The monoisotopic (exact) mass is 1210 g/mol. The number of nitrogens with zero attached hydrogens (tertiary/aromatic N) is 1. The fraction of sp³-hybridized carbons (Fsp3) is 0.0714. The van der Waals surface area contributed by atoms with Crippen LogP contribution in [0.4, 0.5) is 11.4 Å². The molecule has 0 saturated carbocycles. The zero-order chi connectivity index (χ0) is 56.0. The second-order valence-corrected chi connectivity index (χ2v) is 18.7. The maximum absolute atomic E-state index is 11.9. The number of aliphatic hydroxyl groups is 2. The van der Waals surface area contributed by atoms with E-state index in [4.69, 9.17) is 47.2 Å². The molecule has 2 aliphatic heterocycles. The van der Waals surface area contributed by atoms with Gasteiger partial charge in [0.2, 0.25) is 11.4 Å². The molecule has 0 unspecified atom stereocenters. The summed E-state index contributed by atoms with van der Waals surface area (Å²) in [7, 11) is -1.41. The van der Waals surface area contributed by atoms with E-state index in [2.05, 4.69) is 46.7 Å². The van der Waals surface area contributed by atoms with Crippen LogP contribution in [0.3, 0.4) is 0 Å². The molecule has 0 saturated heterocycles. The first-order valence-corrected chi connectivity index (χ1v) is 24.9. The molecule has 8 N–H and O–H groups in total. The number of rotatable bonds is 10. The Kier molecular flexibility index (Phi) is 19.3. The fourth-order valence-electron chi connectivity index (χ4n) is 7.58. The molecule has 2 aliphatic rings. The number of benzene rings is 5. The largest absolute Gasteiger partial charge is 0.505 e. The number of carboxylic acid groups (broad SMARTS) is 1. The van der Waals surface area contributed by atoms with Gasteiger partial charge < -0.3 is 48.5 Å². The minimum atomic E-state index is -1.41. The van der Waals surface area contributed by atoms with E-state index in [9.17, 15) is 39.3 Å². The van der Waals surface area contributed by atoms with Crippen LogP contribution in [-0.4, -0.2) is 90.3 Å². The minimum Gasteiger partial charge on any atom is -0.505 e. The smallest absolute Gasteiger partial charge is 0.491 e. The molecule has 0 atom stereocenters. The van der Waals surface area contributed by atoms with Gasteiger partial charge in [-0.05, 0) is 100 Å². The number of halogens is 3. The molecule has 11 rings (SSSR count). The number of fused-ring (bicyclic) bond motifs is 3. The highest BCUT2D eigenvalue weighted by Crippen LogP contribution is 2.36. The molecular formula is C56H43BCl2IN3O15+2. The number of carbonyl (C=O) groups excluding carboxylic acids is 4. The predicted molar refractivity (Wildman–Crippen MR) is 296 cm³/mol. The predicted octanol–water partition coefficient (Wildman–Crippen LogP) is 7.08. The summed E-state index contributed by atoms with van der Waals surface area (Å²) in [6, 6.07) is 35.1. The third-order valence-electron chi connectivity index (χ3n) is 11.3. The molecule has 22 heteroatoms. The number of carbonyl (C=O) groups is 5. The van der Waals surface area contributed by atoms with E-state index in [1.54, 1.807) is 110 Å². The van der Waals surface area contributed by atoms with Gasteiger partial charge in [0.1, 0.15) is 23.3 Å². The number of carboxylic acids is 1. The summed E-state index contributed by atoms with van der Waals surface area (Å²) in [5.74, 6) is -3.42. The van der Waals surface area contributed by atoms with Crippen molar-refractivity contribution in [3.8, 4) is 28.0 Å². The Bertz CT molecular complexity index is 3680. The summed E-state index contributed by atoms with van der Waals surface area (Å²) < 4.78 is 20.2. The molecular weight excluding hydrogens is 1160 g/mol. The van der Waals surface area contributed by atoms with Crippen molar-refractivity contribution in [3.63, 3.8) is 0 Å². The van der Waals surface area contributed by atoms with Gasteiger partial charge in [-0.15, -0.1) is 0 Å². The lowest BCUT2D eigenvalue weighted by Crippen LogP contribution is -2.65. The Labute approximate surface area is 466 Å². The quantitative estimate of drug-likeness (QED) is 0.0385.